The Bertz CT molecular complexity index is 1450. The van der Waals surface area contributed by atoms with Gasteiger partial charge in [-0.05, 0) is 67.1 Å². The maximum Gasteiger partial charge on any atom is 0.210 e. The van der Waals surface area contributed by atoms with Gasteiger partial charge in [0.15, 0.2) is 0 Å². The smallest absolute Gasteiger partial charge is 0.210 e. The van der Waals surface area contributed by atoms with Crippen LogP contribution in [0, 0.1) is 6.92 Å². The van der Waals surface area contributed by atoms with E-state index in [0.29, 0.717) is 21.8 Å². The Kier molecular flexibility index (Phi) is 4.48. The zero-order valence-corrected chi connectivity index (χ0v) is 17.2. The van der Waals surface area contributed by atoms with Gasteiger partial charge in [-0.3, -0.25) is 0 Å². The fraction of sp³-hybridized carbons (Fsp3) is 0.0833. The first-order chi connectivity index (χ1) is 14.6. The first-order valence-electron chi connectivity index (χ1n) is 9.42. The minimum Gasteiger partial charge on any atom is -0.508 e. The van der Waals surface area contributed by atoms with Gasteiger partial charge >= 0.3 is 0 Å². The molecule has 2 heterocycles. The maximum atomic E-state index is 10.00. The van der Waals surface area contributed by atoms with Gasteiger partial charge in [0.2, 0.25) is 5.13 Å². The fourth-order valence-electron chi connectivity index (χ4n) is 3.32. The SMILES string of the molecule is COc1ccc(-c2cc(=Nc3nc4ccc(C)cc4s3)c3cc(O)ccc3o2)cc1. The lowest BCUT2D eigenvalue weighted by Crippen LogP contribution is -2.03. The van der Waals surface area contributed by atoms with E-state index in [1.54, 1.807) is 25.3 Å². The normalized spacial score (nSPS) is 12.0. The van der Waals surface area contributed by atoms with Crippen LogP contribution in [0.5, 0.6) is 11.5 Å². The van der Waals surface area contributed by atoms with Crippen molar-refractivity contribution in [3.8, 4) is 22.8 Å². The van der Waals surface area contributed by atoms with Crippen molar-refractivity contribution >= 4 is 37.7 Å². The van der Waals surface area contributed by atoms with E-state index in [4.69, 9.17) is 14.1 Å². The summed E-state index contributed by atoms with van der Waals surface area (Å²) in [5.41, 5.74) is 3.65. The third-order valence-corrected chi connectivity index (χ3v) is 5.76. The number of benzene rings is 3. The van der Waals surface area contributed by atoms with Crippen LogP contribution < -0.4 is 10.1 Å². The van der Waals surface area contributed by atoms with Crippen molar-refractivity contribution in [1.29, 1.82) is 0 Å². The molecule has 5 rings (SSSR count). The highest BCUT2D eigenvalue weighted by Crippen LogP contribution is 2.30. The second kappa shape index (κ2) is 7.31. The van der Waals surface area contributed by atoms with Gasteiger partial charge in [-0.15, -0.1) is 0 Å². The molecule has 0 bridgehead atoms. The number of fused-ring (bicyclic) bond motifs is 2. The third kappa shape index (κ3) is 3.42. The van der Waals surface area contributed by atoms with Crippen LogP contribution in [0.25, 0.3) is 32.5 Å². The molecule has 0 radical (unpaired) electrons. The molecule has 0 aliphatic carbocycles. The largest absolute Gasteiger partial charge is 0.508 e. The Morgan fingerprint density at radius 2 is 1.83 bits per heavy atom. The van der Waals surface area contributed by atoms with Gasteiger partial charge in [0, 0.05) is 17.0 Å². The fourth-order valence-corrected chi connectivity index (χ4v) is 4.27. The molecule has 0 saturated heterocycles. The molecule has 6 heteroatoms. The van der Waals surface area contributed by atoms with Gasteiger partial charge in [0.1, 0.15) is 22.8 Å². The molecule has 0 aliphatic heterocycles. The van der Waals surface area contributed by atoms with Gasteiger partial charge in [0.05, 0.1) is 22.7 Å². The predicted molar refractivity (Wildman–Crippen MR) is 119 cm³/mol. The third-order valence-electron chi connectivity index (χ3n) is 4.85. The Hall–Kier alpha value is -3.64. The summed E-state index contributed by atoms with van der Waals surface area (Å²) in [5, 5.41) is 12.1. The van der Waals surface area contributed by atoms with E-state index in [1.165, 1.54) is 16.9 Å². The molecule has 0 amide bonds. The van der Waals surface area contributed by atoms with Gasteiger partial charge in [0.25, 0.3) is 0 Å². The van der Waals surface area contributed by atoms with Gasteiger partial charge < -0.3 is 14.3 Å². The van der Waals surface area contributed by atoms with Gasteiger partial charge in [-0.25, -0.2) is 9.98 Å². The molecule has 5 aromatic rings. The zero-order valence-electron chi connectivity index (χ0n) is 16.4. The van der Waals surface area contributed by atoms with Crippen LogP contribution in [0.4, 0.5) is 5.13 Å². The topological polar surface area (TPSA) is 67.9 Å². The summed E-state index contributed by atoms with van der Waals surface area (Å²) in [5.74, 6) is 1.61. The van der Waals surface area contributed by atoms with Crippen molar-refractivity contribution in [2.24, 2.45) is 4.99 Å². The van der Waals surface area contributed by atoms with Crippen LogP contribution in [-0.2, 0) is 0 Å². The van der Waals surface area contributed by atoms with Crippen molar-refractivity contribution in [1.82, 2.24) is 4.98 Å². The molecule has 3 aromatic carbocycles. The Balaban J connectivity index is 1.73. The molecule has 0 spiro atoms. The molecule has 0 saturated carbocycles. The highest BCUT2D eigenvalue weighted by Gasteiger charge is 2.09. The number of rotatable bonds is 3. The van der Waals surface area contributed by atoms with E-state index < -0.39 is 0 Å². The van der Waals surface area contributed by atoms with Crippen molar-refractivity contribution in [2.45, 2.75) is 6.92 Å². The number of hydrogen-bond donors (Lipinski definition) is 1. The number of nitrogens with zero attached hydrogens (tertiary/aromatic N) is 2. The first kappa shape index (κ1) is 18.4. The molecule has 1 N–H and O–H groups in total. The summed E-state index contributed by atoms with van der Waals surface area (Å²) in [6, 6.07) is 20.7. The summed E-state index contributed by atoms with van der Waals surface area (Å²) in [6.07, 6.45) is 0. The van der Waals surface area contributed by atoms with E-state index in [2.05, 4.69) is 18.0 Å². The standard InChI is InChI=1S/C24H18N2O3S/c1-14-3-9-19-23(11-14)30-24(25-19)26-20-13-22(15-4-7-17(28-2)8-5-15)29-21-10-6-16(27)12-18(20)21/h3-13,27H,1-2H3. The lowest BCUT2D eigenvalue weighted by molar-refractivity contribution is 0.415. The quantitative estimate of drug-likeness (QED) is 0.395. The Morgan fingerprint density at radius 1 is 1.00 bits per heavy atom. The van der Waals surface area contributed by atoms with Crippen LogP contribution in [0.3, 0.4) is 0 Å². The monoisotopic (exact) mass is 414 g/mol. The van der Waals surface area contributed by atoms with Crippen molar-refractivity contribution < 1.29 is 14.3 Å². The summed E-state index contributed by atoms with van der Waals surface area (Å²) in [4.78, 5) is 9.45. The van der Waals surface area contributed by atoms with E-state index in [-0.39, 0.29) is 5.75 Å². The van der Waals surface area contributed by atoms with Crippen LogP contribution in [-0.4, -0.2) is 17.2 Å². The van der Waals surface area contributed by atoms with Crippen molar-refractivity contribution in [2.75, 3.05) is 7.11 Å². The number of methoxy groups -OCH3 is 1. The summed E-state index contributed by atoms with van der Waals surface area (Å²) < 4.78 is 12.4. The second-order valence-electron chi connectivity index (χ2n) is 6.98. The summed E-state index contributed by atoms with van der Waals surface area (Å²) in [7, 11) is 1.64. The number of thiazole rings is 1. The van der Waals surface area contributed by atoms with Crippen molar-refractivity contribution in [3.63, 3.8) is 0 Å². The lowest BCUT2D eigenvalue weighted by Gasteiger charge is -2.06. The lowest BCUT2D eigenvalue weighted by atomic mass is 10.1. The zero-order chi connectivity index (χ0) is 20.7. The number of aryl methyl sites for hydroxylation is 1. The Labute approximate surface area is 176 Å². The molecular weight excluding hydrogens is 396 g/mol. The number of aromatic hydroxyl groups is 1. The first-order valence-corrected chi connectivity index (χ1v) is 10.2. The van der Waals surface area contributed by atoms with Crippen LogP contribution in [0.1, 0.15) is 5.56 Å². The van der Waals surface area contributed by atoms with Crippen molar-refractivity contribution in [3.05, 3.63) is 77.7 Å². The number of ether oxygens (including phenoxy) is 1. The predicted octanol–water partition coefficient (Wildman–Crippen LogP) is 5.96. The minimum atomic E-state index is 0.159. The highest BCUT2D eigenvalue weighted by atomic mass is 32.1. The number of hydrogen-bond acceptors (Lipinski definition) is 6. The molecule has 0 fully saturated rings. The van der Waals surface area contributed by atoms with E-state index >= 15 is 0 Å². The average Bonchev–Trinajstić information content (AvgIpc) is 3.15. The second-order valence-corrected chi connectivity index (χ2v) is 7.99. The molecular formula is C24H18N2O3S. The van der Waals surface area contributed by atoms with Crippen LogP contribution >= 0.6 is 11.3 Å². The van der Waals surface area contributed by atoms with Gasteiger partial charge in [-0.2, -0.15) is 0 Å². The highest BCUT2D eigenvalue weighted by molar-refractivity contribution is 7.21. The van der Waals surface area contributed by atoms with Crippen LogP contribution in [0.15, 0.2) is 76.1 Å². The molecule has 0 aliphatic rings. The molecule has 148 valence electrons. The van der Waals surface area contributed by atoms with E-state index in [9.17, 15) is 5.11 Å². The van der Waals surface area contributed by atoms with E-state index in [1.807, 2.05) is 42.5 Å². The number of phenolic OH excluding ortho intramolecular Hbond substituents is 1. The van der Waals surface area contributed by atoms with E-state index in [0.717, 1.165) is 26.9 Å². The number of phenols is 1. The summed E-state index contributed by atoms with van der Waals surface area (Å²) >= 11 is 1.54. The minimum absolute atomic E-state index is 0.159. The average molecular weight is 414 g/mol. The van der Waals surface area contributed by atoms with Crippen LogP contribution in [0.2, 0.25) is 0 Å². The maximum absolute atomic E-state index is 10.00. The molecule has 0 unspecified atom stereocenters. The number of aromatic nitrogens is 1. The summed E-state index contributed by atoms with van der Waals surface area (Å²) in [6.45, 7) is 2.06. The molecule has 0 atom stereocenters. The molecule has 2 aromatic heterocycles. The molecule has 30 heavy (non-hydrogen) atoms. The van der Waals surface area contributed by atoms with Gasteiger partial charge in [-0.1, -0.05) is 17.4 Å². The molecule has 5 nitrogen and oxygen atoms in total. The Morgan fingerprint density at radius 3 is 2.63 bits per heavy atom.